The summed E-state index contributed by atoms with van der Waals surface area (Å²) < 4.78 is 5.05. The van der Waals surface area contributed by atoms with Gasteiger partial charge in [0.05, 0.1) is 13.2 Å². The molecule has 2 N–H and O–H groups in total. The fourth-order valence-corrected chi connectivity index (χ4v) is 1.39. The number of rotatable bonds is 7. The molecule has 0 heterocycles. The zero-order valence-corrected chi connectivity index (χ0v) is 9.65. The van der Waals surface area contributed by atoms with Crippen LogP contribution in [0, 0.1) is 0 Å². The van der Waals surface area contributed by atoms with Crippen molar-refractivity contribution in [1.82, 2.24) is 5.32 Å². The van der Waals surface area contributed by atoms with Crippen LogP contribution in [0.4, 0.5) is 0 Å². The summed E-state index contributed by atoms with van der Waals surface area (Å²) in [7, 11) is 1.63. The third-order valence-electron chi connectivity index (χ3n) is 2.36. The maximum atomic E-state index is 9.85. The molecule has 0 aromatic heterocycles. The molecule has 0 aliphatic heterocycles. The van der Waals surface area contributed by atoms with Gasteiger partial charge in [-0.1, -0.05) is 18.2 Å². The lowest BCUT2D eigenvalue weighted by molar-refractivity contribution is 0.175. The molecule has 0 radical (unpaired) electrons. The van der Waals surface area contributed by atoms with Crippen LogP contribution < -0.4 is 10.1 Å². The first-order valence-electron chi connectivity index (χ1n) is 5.41. The van der Waals surface area contributed by atoms with Gasteiger partial charge in [-0.15, -0.1) is 6.58 Å². The predicted molar refractivity (Wildman–Crippen MR) is 65.6 cm³/mol. The van der Waals surface area contributed by atoms with Gasteiger partial charge in [0.1, 0.15) is 5.75 Å². The van der Waals surface area contributed by atoms with Crippen LogP contribution in [0.15, 0.2) is 36.9 Å². The maximum absolute atomic E-state index is 9.85. The van der Waals surface area contributed by atoms with Crippen molar-refractivity contribution >= 4 is 0 Å². The lowest BCUT2D eigenvalue weighted by Crippen LogP contribution is -2.22. The Morgan fingerprint density at radius 3 is 2.69 bits per heavy atom. The largest absolute Gasteiger partial charge is 0.497 e. The lowest BCUT2D eigenvalue weighted by Gasteiger charge is -2.12. The molecule has 0 spiro atoms. The number of ether oxygens (including phenoxy) is 1. The molecule has 1 rings (SSSR count). The summed E-state index contributed by atoms with van der Waals surface area (Å²) in [5, 5.41) is 13.0. The fourth-order valence-electron chi connectivity index (χ4n) is 1.39. The number of hydrogen-bond donors (Lipinski definition) is 2. The van der Waals surface area contributed by atoms with Crippen molar-refractivity contribution in [2.24, 2.45) is 0 Å². The Kier molecular flexibility index (Phi) is 5.61. The van der Waals surface area contributed by atoms with E-state index >= 15 is 0 Å². The van der Waals surface area contributed by atoms with Gasteiger partial charge in [0.25, 0.3) is 0 Å². The fraction of sp³-hybridized carbons (Fsp3) is 0.385. The molecule has 3 nitrogen and oxygen atoms in total. The number of hydrogen-bond acceptors (Lipinski definition) is 3. The molecule has 1 unspecified atom stereocenters. The van der Waals surface area contributed by atoms with Crippen LogP contribution in [0.2, 0.25) is 0 Å². The minimum atomic E-state index is -0.476. The van der Waals surface area contributed by atoms with E-state index in [0.717, 1.165) is 24.3 Å². The minimum absolute atomic E-state index is 0.476. The summed E-state index contributed by atoms with van der Waals surface area (Å²) in [6.45, 7) is 5.04. The SMILES string of the molecule is C=CCCNCC(O)c1ccc(OC)cc1. The Hall–Kier alpha value is -1.32. The first-order valence-corrected chi connectivity index (χ1v) is 5.41. The molecule has 0 bridgehead atoms. The molecular formula is C13H19NO2. The molecule has 16 heavy (non-hydrogen) atoms. The first kappa shape index (κ1) is 12.7. The van der Waals surface area contributed by atoms with E-state index in [4.69, 9.17) is 4.74 Å². The highest BCUT2D eigenvalue weighted by Crippen LogP contribution is 2.16. The van der Waals surface area contributed by atoms with Gasteiger partial charge in [-0.25, -0.2) is 0 Å². The molecule has 0 aliphatic rings. The molecule has 0 saturated heterocycles. The van der Waals surface area contributed by atoms with Crippen molar-refractivity contribution in [3.8, 4) is 5.75 Å². The highest BCUT2D eigenvalue weighted by atomic mass is 16.5. The zero-order valence-electron chi connectivity index (χ0n) is 9.65. The van der Waals surface area contributed by atoms with Gasteiger partial charge >= 0.3 is 0 Å². The van der Waals surface area contributed by atoms with E-state index in [1.165, 1.54) is 0 Å². The Morgan fingerprint density at radius 2 is 2.12 bits per heavy atom. The molecule has 0 fully saturated rings. The second-order valence-corrected chi connectivity index (χ2v) is 3.57. The van der Waals surface area contributed by atoms with Gasteiger partial charge in [-0.2, -0.15) is 0 Å². The maximum Gasteiger partial charge on any atom is 0.118 e. The number of benzene rings is 1. The predicted octanol–water partition coefficient (Wildman–Crippen LogP) is 1.89. The van der Waals surface area contributed by atoms with Crippen LogP contribution >= 0.6 is 0 Å². The molecule has 0 aliphatic carbocycles. The van der Waals surface area contributed by atoms with Crippen LogP contribution in [0.25, 0.3) is 0 Å². The van der Waals surface area contributed by atoms with E-state index in [0.29, 0.717) is 6.54 Å². The summed E-state index contributed by atoms with van der Waals surface area (Å²) in [5.41, 5.74) is 0.895. The van der Waals surface area contributed by atoms with E-state index in [1.54, 1.807) is 7.11 Å². The topological polar surface area (TPSA) is 41.5 Å². The summed E-state index contributed by atoms with van der Waals surface area (Å²) in [5.74, 6) is 0.801. The van der Waals surface area contributed by atoms with Gasteiger partial charge in [0, 0.05) is 6.54 Å². The van der Waals surface area contributed by atoms with Gasteiger partial charge in [0.2, 0.25) is 0 Å². The number of methoxy groups -OCH3 is 1. The molecule has 0 amide bonds. The zero-order chi connectivity index (χ0) is 11.8. The minimum Gasteiger partial charge on any atom is -0.497 e. The molecular weight excluding hydrogens is 202 g/mol. The van der Waals surface area contributed by atoms with Crippen molar-refractivity contribution in [3.63, 3.8) is 0 Å². The van der Waals surface area contributed by atoms with E-state index in [9.17, 15) is 5.11 Å². The van der Waals surface area contributed by atoms with Crippen LogP contribution in [0.5, 0.6) is 5.75 Å². The van der Waals surface area contributed by atoms with Gasteiger partial charge in [-0.3, -0.25) is 0 Å². The van der Waals surface area contributed by atoms with Crippen LogP contribution in [0.1, 0.15) is 18.1 Å². The summed E-state index contributed by atoms with van der Waals surface area (Å²) in [6, 6.07) is 7.45. The van der Waals surface area contributed by atoms with Gasteiger partial charge in [-0.05, 0) is 30.7 Å². The molecule has 3 heteroatoms. The lowest BCUT2D eigenvalue weighted by atomic mass is 10.1. The molecule has 0 saturated carbocycles. The highest BCUT2D eigenvalue weighted by molar-refractivity contribution is 5.28. The van der Waals surface area contributed by atoms with E-state index in [2.05, 4.69) is 11.9 Å². The summed E-state index contributed by atoms with van der Waals surface area (Å²) >= 11 is 0. The number of aliphatic hydroxyl groups excluding tert-OH is 1. The Bertz CT molecular complexity index is 308. The summed E-state index contributed by atoms with van der Waals surface area (Å²) in [4.78, 5) is 0. The third-order valence-corrected chi connectivity index (χ3v) is 2.36. The number of aliphatic hydroxyl groups is 1. The van der Waals surface area contributed by atoms with Crippen molar-refractivity contribution in [3.05, 3.63) is 42.5 Å². The van der Waals surface area contributed by atoms with E-state index in [-0.39, 0.29) is 0 Å². The van der Waals surface area contributed by atoms with Crippen molar-refractivity contribution in [2.45, 2.75) is 12.5 Å². The Morgan fingerprint density at radius 1 is 1.44 bits per heavy atom. The standard InChI is InChI=1S/C13H19NO2/c1-3-4-9-14-10-13(15)11-5-7-12(16-2)8-6-11/h3,5-8,13-15H,1,4,9-10H2,2H3. The molecule has 1 aromatic rings. The van der Waals surface area contributed by atoms with Crippen LogP contribution in [-0.4, -0.2) is 25.3 Å². The molecule has 1 aromatic carbocycles. The number of nitrogens with one attached hydrogen (secondary N) is 1. The second kappa shape index (κ2) is 7.04. The van der Waals surface area contributed by atoms with E-state index < -0.39 is 6.10 Å². The average molecular weight is 221 g/mol. The van der Waals surface area contributed by atoms with Crippen LogP contribution in [0.3, 0.4) is 0 Å². The first-order chi connectivity index (χ1) is 7.77. The van der Waals surface area contributed by atoms with E-state index in [1.807, 2.05) is 30.3 Å². The van der Waals surface area contributed by atoms with Crippen molar-refractivity contribution in [2.75, 3.05) is 20.2 Å². The monoisotopic (exact) mass is 221 g/mol. The van der Waals surface area contributed by atoms with Gasteiger partial charge < -0.3 is 15.2 Å². The Balaban J connectivity index is 2.39. The van der Waals surface area contributed by atoms with Crippen LogP contribution in [-0.2, 0) is 0 Å². The highest BCUT2D eigenvalue weighted by Gasteiger charge is 2.06. The second-order valence-electron chi connectivity index (χ2n) is 3.57. The third kappa shape index (κ3) is 4.04. The normalized spacial score (nSPS) is 12.1. The van der Waals surface area contributed by atoms with Crippen molar-refractivity contribution < 1.29 is 9.84 Å². The van der Waals surface area contributed by atoms with Crippen molar-refractivity contribution in [1.29, 1.82) is 0 Å². The Labute approximate surface area is 96.8 Å². The molecule has 88 valence electrons. The quantitative estimate of drug-likeness (QED) is 0.546. The average Bonchev–Trinajstić information content (AvgIpc) is 2.34. The molecule has 1 atom stereocenters. The van der Waals surface area contributed by atoms with Gasteiger partial charge in [0.15, 0.2) is 0 Å². The summed E-state index contributed by atoms with van der Waals surface area (Å²) in [6.07, 6.45) is 2.29. The smallest absolute Gasteiger partial charge is 0.118 e.